The minimum absolute atomic E-state index is 0.0968. The fraction of sp³-hybridized carbons (Fsp3) is 0.176. The number of carbonyl (C=O) groups is 2. The van der Waals surface area contributed by atoms with E-state index in [4.69, 9.17) is 4.74 Å². The zero-order valence-electron chi connectivity index (χ0n) is 12.0. The van der Waals surface area contributed by atoms with Crippen molar-refractivity contribution in [2.24, 2.45) is 0 Å². The van der Waals surface area contributed by atoms with E-state index >= 15 is 0 Å². The van der Waals surface area contributed by atoms with Gasteiger partial charge < -0.3 is 9.57 Å². The van der Waals surface area contributed by atoms with Crippen LogP contribution in [0.25, 0.3) is 0 Å². The van der Waals surface area contributed by atoms with Crippen molar-refractivity contribution in [1.29, 1.82) is 0 Å². The van der Waals surface area contributed by atoms with Crippen molar-refractivity contribution in [3.8, 4) is 0 Å². The first-order valence-corrected chi connectivity index (χ1v) is 6.94. The van der Waals surface area contributed by atoms with Gasteiger partial charge in [0.05, 0.1) is 0 Å². The standard InChI is InChI=1S/C17H17NO4/c19-16(12-11-14-7-3-1-4-8-14)18-22-17(20)21-13-15-9-5-2-6-10-15/h1-10H,11-13H2,(H,18,19). The fourth-order valence-electron chi connectivity index (χ4n) is 1.80. The van der Waals surface area contributed by atoms with E-state index in [-0.39, 0.29) is 18.9 Å². The highest BCUT2D eigenvalue weighted by Gasteiger charge is 2.08. The minimum atomic E-state index is -0.933. The Morgan fingerprint density at radius 3 is 2.09 bits per heavy atom. The van der Waals surface area contributed by atoms with Gasteiger partial charge in [-0.2, -0.15) is 5.48 Å². The van der Waals surface area contributed by atoms with Crippen molar-refractivity contribution in [3.63, 3.8) is 0 Å². The number of benzene rings is 2. The summed E-state index contributed by atoms with van der Waals surface area (Å²) in [7, 11) is 0. The molecule has 0 saturated carbocycles. The summed E-state index contributed by atoms with van der Waals surface area (Å²) in [4.78, 5) is 27.4. The molecule has 2 aromatic rings. The topological polar surface area (TPSA) is 64.6 Å². The maximum absolute atomic E-state index is 11.6. The van der Waals surface area contributed by atoms with Gasteiger partial charge >= 0.3 is 6.16 Å². The molecule has 5 heteroatoms. The highest BCUT2D eigenvalue weighted by Crippen LogP contribution is 2.03. The molecule has 0 aliphatic heterocycles. The largest absolute Gasteiger partial charge is 0.533 e. The van der Waals surface area contributed by atoms with Crippen molar-refractivity contribution < 1.29 is 19.2 Å². The third kappa shape index (κ3) is 5.66. The summed E-state index contributed by atoms with van der Waals surface area (Å²) in [6.45, 7) is 0.0968. The quantitative estimate of drug-likeness (QED) is 0.681. The molecule has 0 unspecified atom stereocenters. The molecule has 0 saturated heterocycles. The third-order valence-electron chi connectivity index (χ3n) is 2.93. The molecule has 0 aliphatic carbocycles. The molecule has 0 radical (unpaired) electrons. The van der Waals surface area contributed by atoms with Crippen LogP contribution < -0.4 is 5.48 Å². The van der Waals surface area contributed by atoms with Crippen molar-refractivity contribution in [2.75, 3.05) is 0 Å². The SMILES string of the molecule is O=C(CCc1ccccc1)NOC(=O)OCc1ccccc1. The van der Waals surface area contributed by atoms with Crippen molar-refractivity contribution in [3.05, 3.63) is 71.8 Å². The zero-order valence-corrected chi connectivity index (χ0v) is 12.0. The van der Waals surface area contributed by atoms with Gasteiger partial charge in [-0.25, -0.2) is 4.79 Å². The molecule has 0 atom stereocenters. The Balaban J connectivity index is 1.62. The van der Waals surface area contributed by atoms with E-state index in [2.05, 4.69) is 10.3 Å². The Morgan fingerprint density at radius 1 is 0.864 bits per heavy atom. The van der Waals surface area contributed by atoms with Crippen LogP contribution in [0.3, 0.4) is 0 Å². The second-order valence-electron chi connectivity index (χ2n) is 4.64. The van der Waals surface area contributed by atoms with E-state index in [1.165, 1.54) is 0 Å². The van der Waals surface area contributed by atoms with E-state index < -0.39 is 6.16 Å². The third-order valence-corrected chi connectivity index (χ3v) is 2.93. The molecule has 1 amide bonds. The lowest BCUT2D eigenvalue weighted by molar-refractivity contribution is -0.131. The monoisotopic (exact) mass is 299 g/mol. The summed E-state index contributed by atoms with van der Waals surface area (Å²) in [5.74, 6) is -0.375. The van der Waals surface area contributed by atoms with Crippen LogP contribution in [-0.2, 0) is 27.4 Å². The first-order valence-electron chi connectivity index (χ1n) is 6.94. The second-order valence-corrected chi connectivity index (χ2v) is 4.64. The second kappa shape index (κ2) is 8.46. The van der Waals surface area contributed by atoms with Gasteiger partial charge in [0, 0.05) is 6.42 Å². The van der Waals surface area contributed by atoms with Crippen LogP contribution in [0.4, 0.5) is 4.79 Å². The van der Waals surface area contributed by atoms with Crippen LogP contribution in [0.2, 0.25) is 0 Å². The maximum Gasteiger partial charge on any atom is 0.533 e. The summed E-state index contributed by atoms with van der Waals surface area (Å²) >= 11 is 0. The highest BCUT2D eigenvalue weighted by molar-refractivity contribution is 5.76. The Hall–Kier alpha value is -2.82. The van der Waals surface area contributed by atoms with Crippen molar-refractivity contribution in [2.45, 2.75) is 19.4 Å². The van der Waals surface area contributed by atoms with Gasteiger partial charge in [-0.1, -0.05) is 60.7 Å². The summed E-state index contributed by atoms with van der Waals surface area (Å²) in [5.41, 5.74) is 3.96. The molecule has 0 fully saturated rings. The predicted molar refractivity (Wildman–Crippen MR) is 80.6 cm³/mol. The van der Waals surface area contributed by atoms with Gasteiger partial charge in [-0.15, -0.1) is 0 Å². The fourth-order valence-corrected chi connectivity index (χ4v) is 1.80. The lowest BCUT2D eigenvalue weighted by Crippen LogP contribution is -2.27. The van der Waals surface area contributed by atoms with Gasteiger partial charge in [-0.05, 0) is 17.5 Å². The molecule has 0 spiro atoms. The van der Waals surface area contributed by atoms with Crippen LogP contribution in [-0.4, -0.2) is 12.1 Å². The van der Waals surface area contributed by atoms with Gasteiger partial charge in [0.25, 0.3) is 5.91 Å². The number of rotatable bonds is 5. The van der Waals surface area contributed by atoms with Crippen molar-refractivity contribution in [1.82, 2.24) is 5.48 Å². The molecule has 0 aliphatic rings. The Bertz CT molecular complexity index is 543. The molecule has 2 aromatic carbocycles. The molecule has 1 N–H and O–H groups in total. The van der Waals surface area contributed by atoms with Crippen molar-refractivity contribution >= 4 is 12.1 Å². The van der Waals surface area contributed by atoms with E-state index in [1.807, 2.05) is 60.7 Å². The number of hydroxylamine groups is 1. The molecule has 2 rings (SSSR count). The maximum atomic E-state index is 11.6. The van der Waals surface area contributed by atoms with E-state index in [9.17, 15) is 9.59 Å². The van der Waals surface area contributed by atoms with E-state index in [0.29, 0.717) is 6.42 Å². The van der Waals surface area contributed by atoms with Gasteiger partial charge in [0.2, 0.25) is 0 Å². The number of hydrogen-bond donors (Lipinski definition) is 1. The van der Waals surface area contributed by atoms with Crippen LogP contribution in [0.5, 0.6) is 0 Å². The number of ether oxygens (including phenoxy) is 1. The molecular formula is C17H17NO4. The highest BCUT2D eigenvalue weighted by atomic mass is 16.8. The Labute approximate surface area is 128 Å². The van der Waals surface area contributed by atoms with Crippen LogP contribution in [0.15, 0.2) is 60.7 Å². The summed E-state index contributed by atoms with van der Waals surface area (Å²) in [6.07, 6.45) is -0.123. The minimum Gasteiger partial charge on any atom is -0.428 e. The number of nitrogens with one attached hydrogen (secondary N) is 1. The lowest BCUT2D eigenvalue weighted by atomic mass is 10.1. The summed E-state index contributed by atoms with van der Waals surface area (Å²) < 4.78 is 4.87. The Morgan fingerprint density at radius 2 is 1.45 bits per heavy atom. The first-order chi connectivity index (χ1) is 10.7. The normalized spacial score (nSPS) is 9.82. The molecule has 0 heterocycles. The van der Waals surface area contributed by atoms with Gasteiger partial charge in [-0.3, -0.25) is 4.79 Å². The summed E-state index contributed by atoms with van der Waals surface area (Å²) in [6, 6.07) is 18.8. The molecule has 0 bridgehead atoms. The zero-order chi connectivity index (χ0) is 15.6. The van der Waals surface area contributed by atoms with E-state index in [1.54, 1.807) is 0 Å². The van der Waals surface area contributed by atoms with Gasteiger partial charge in [0.15, 0.2) is 0 Å². The first kappa shape index (κ1) is 15.6. The number of amides is 1. The summed E-state index contributed by atoms with van der Waals surface area (Å²) in [5, 5.41) is 0. The Kier molecular flexibility index (Phi) is 5.99. The number of carbonyl (C=O) groups excluding carboxylic acids is 2. The smallest absolute Gasteiger partial charge is 0.428 e. The molecule has 22 heavy (non-hydrogen) atoms. The molecule has 114 valence electrons. The van der Waals surface area contributed by atoms with Crippen LogP contribution >= 0.6 is 0 Å². The van der Waals surface area contributed by atoms with Gasteiger partial charge in [0.1, 0.15) is 6.61 Å². The average molecular weight is 299 g/mol. The number of aryl methyl sites for hydroxylation is 1. The predicted octanol–water partition coefficient (Wildman–Crippen LogP) is 3.00. The van der Waals surface area contributed by atoms with Crippen LogP contribution in [0, 0.1) is 0 Å². The molecule has 5 nitrogen and oxygen atoms in total. The van der Waals surface area contributed by atoms with Crippen LogP contribution in [0.1, 0.15) is 17.5 Å². The molecule has 0 aromatic heterocycles. The van der Waals surface area contributed by atoms with E-state index in [0.717, 1.165) is 11.1 Å². The molecular weight excluding hydrogens is 282 g/mol. The number of hydrogen-bond acceptors (Lipinski definition) is 4. The average Bonchev–Trinajstić information content (AvgIpc) is 2.58. The lowest BCUT2D eigenvalue weighted by Gasteiger charge is -2.06.